The highest BCUT2D eigenvalue weighted by atomic mass is 16.2. The molecule has 0 bridgehead atoms. The molecule has 0 radical (unpaired) electrons. The van der Waals surface area contributed by atoms with Gasteiger partial charge in [0, 0.05) is 12.3 Å². The van der Waals surface area contributed by atoms with Crippen LogP contribution in [-0.4, -0.2) is 29.2 Å². The van der Waals surface area contributed by atoms with Gasteiger partial charge >= 0.3 is 0 Å². The maximum absolute atomic E-state index is 11.9. The molecule has 6 nitrogen and oxygen atoms in total. The van der Waals surface area contributed by atoms with E-state index in [4.69, 9.17) is 5.26 Å². The highest BCUT2D eigenvalue weighted by Crippen LogP contribution is 2.19. The number of nitrogens with zero attached hydrogens (tertiary/aromatic N) is 2. The van der Waals surface area contributed by atoms with E-state index in [1.165, 1.54) is 0 Å². The predicted octanol–water partition coefficient (Wildman–Crippen LogP) is 0.892. The van der Waals surface area contributed by atoms with E-state index in [1.54, 1.807) is 31.2 Å². The molecule has 1 fully saturated rings. The lowest BCUT2D eigenvalue weighted by atomic mass is 10.1. The lowest BCUT2D eigenvalue weighted by Crippen LogP contribution is -2.37. The van der Waals surface area contributed by atoms with Crippen molar-refractivity contribution in [1.29, 1.82) is 5.26 Å². The molecule has 1 unspecified atom stereocenters. The number of nitriles is 1. The Bertz CT molecular complexity index is 618. The molecule has 1 aromatic rings. The fourth-order valence-electron chi connectivity index (χ4n) is 2.04. The zero-order valence-electron chi connectivity index (χ0n) is 10.9. The molecule has 1 aliphatic rings. The number of anilines is 1. The molecule has 1 atom stereocenters. The second-order valence-electron chi connectivity index (χ2n) is 4.63. The van der Waals surface area contributed by atoms with E-state index in [9.17, 15) is 14.4 Å². The summed E-state index contributed by atoms with van der Waals surface area (Å²) in [7, 11) is 0. The van der Waals surface area contributed by atoms with Crippen LogP contribution in [0.2, 0.25) is 0 Å². The van der Waals surface area contributed by atoms with E-state index < -0.39 is 5.91 Å². The molecule has 2 rings (SSSR count). The van der Waals surface area contributed by atoms with Crippen LogP contribution in [-0.2, 0) is 14.4 Å². The summed E-state index contributed by atoms with van der Waals surface area (Å²) >= 11 is 0. The van der Waals surface area contributed by atoms with Crippen LogP contribution in [0.15, 0.2) is 24.3 Å². The van der Waals surface area contributed by atoms with Crippen molar-refractivity contribution in [3.05, 3.63) is 29.8 Å². The molecule has 1 N–H and O–H groups in total. The Morgan fingerprint density at radius 3 is 2.75 bits per heavy atom. The van der Waals surface area contributed by atoms with E-state index >= 15 is 0 Å². The number of carbonyl (C=O) groups is 3. The summed E-state index contributed by atoms with van der Waals surface area (Å²) in [6, 6.07) is 8.49. The van der Waals surface area contributed by atoms with Gasteiger partial charge in [0.05, 0.1) is 11.3 Å². The van der Waals surface area contributed by atoms with Crippen molar-refractivity contribution in [1.82, 2.24) is 4.90 Å². The second-order valence-corrected chi connectivity index (χ2v) is 4.63. The lowest BCUT2D eigenvalue weighted by molar-refractivity contribution is -0.142. The molecule has 0 saturated carbocycles. The van der Waals surface area contributed by atoms with Crippen LogP contribution in [0.5, 0.6) is 0 Å². The molecule has 6 heteroatoms. The maximum Gasteiger partial charge on any atom is 0.244 e. The van der Waals surface area contributed by atoms with Gasteiger partial charge in [-0.25, -0.2) is 0 Å². The van der Waals surface area contributed by atoms with Gasteiger partial charge in [0.15, 0.2) is 0 Å². The fourth-order valence-corrected chi connectivity index (χ4v) is 2.04. The smallest absolute Gasteiger partial charge is 0.244 e. The Morgan fingerprint density at radius 2 is 2.15 bits per heavy atom. The SMILES string of the molecule is CC1CC(=O)N(CC(=O)Nc2ccccc2C#N)C1=O. The molecule has 1 saturated heterocycles. The monoisotopic (exact) mass is 271 g/mol. The zero-order chi connectivity index (χ0) is 14.7. The normalized spacial score (nSPS) is 18.0. The largest absolute Gasteiger partial charge is 0.323 e. The summed E-state index contributed by atoms with van der Waals surface area (Å²) < 4.78 is 0. The van der Waals surface area contributed by atoms with Gasteiger partial charge in [-0.2, -0.15) is 5.26 Å². The number of benzene rings is 1. The number of amides is 3. The first kappa shape index (κ1) is 13.7. The molecule has 3 amide bonds. The van der Waals surface area contributed by atoms with E-state index in [0.717, 1.165) is 4.90 Å². The number of hydrogen-bond donors (Lipinski definition) is 1. The second kappa shape index (κ2) is 5.53. The number of carbonyl (C=O) groups excluding carboxylic acids is 3. The molecular formula is C14H13N3O3. The predicted molar refractivity (Wildman–Crippen MR) is 70.3 cm³/mol. The molecule has 1 aromatic carbocycles. The van der Waals surface area contributed by atoms with Gasteiger partial charge in [-0.05, 0) is 12.1 Å². The first-order chi connectivity index (χ1) is 9.52. The van der Waals surface area contributed by atoms with Gasteiger partial charge in [-0.1, -0.05) is 19.1 Å². The van der Waals surface area contributed by atoms with Crippen LogP contribution < -0.4 is 5.32 Å². The van der Waals surface area contributed by atoms with Crippen LogP contribution in [0.1, 0.15) is 18.9 Å². The third-order valence-corrected chi connectivity index (χ3v) is 3.09. The van der Waals surface area contributed by atoms with Gasteiger partial charge in [0.25, 0.3) is 0 Å². The van der Waals surface area contributed by atoms with Gasteiger partial charge in [-0.15, -0.1) is 0 Å². The van der Waals surface area contributed by atoms with E-state index in [1.807, 2.05) is 6.07 Å². The summed E-state index contributed by atoms with van der Waals surface area (Å²) in [6.07, 6.45) is 0.140. The summed E-state index contributed by atoms with van der Waals surface area (Å²) in [6.45, 7) is 1.34. The zero-order valence-corrected chi connectivity index (χ0v) is 10.9. The molecule has 102 valence electrons. The Kier molecular flexibility index (Phi) is 3.80. The number of likely N-dealkylation sites (tertiary alicyclic amines) is 1. The van der Waals surface area contributed by atoms with Crippen LogP contribution in [0.3, 0.4) is 0 Å². The van der Waals surface area contributed by atoms with Gasteiger partial charge in [0.2, 0.25) is 17.7 Å². The molecular weight excluding hydrogens is 258 g/mol. The Labute approximate surface area is 116 Å². The minimum Gasteiger partial charge on any atom is -0.323 e. The maximum atomic E-state index is 11.9. The van der Waals surface area contributed by atoms with Crippen LogP contribution in [0.4, 0.5) is 5.69 Å². The quantitative estimate of drug-likeness (QED) is 0.827. The highest BCUT2D eigenvalue weighted by molar-refractivity contribution is 6.07. The Hall–Kier alpha value is -2.68. The minimum atomic E-state index is -0.497. The van der Waals surface area contributed by atoms with E-state index in [-0.39, 0.29) is 30.7 Å². The number of para-hydroxylation sites is 1. The molecule has 0 spiro atoms. The summed E-state index contributed by atoms with van der Waals surface area (Å²) in [5.74, 6) is -1.55. The Morgan fingerprint density at radius 1 is 1.45 bits per heavy atom. The van der Waals surface area contributed by atoms with Crippen molar-refractivity contribution in [2.24, 2.45) is 5.92 Å². The summed E-state index contributed by atoms with van der Waals surface area (Å²) in [5.41, 5.74) is 0.695. The highest BCUT2D eigenvalue weighted by Gasteiger charge is 2.36. The van der Waals surface area contributed by atoms with Crippen LogP contribution in [0.25, 0.3) is 0 Å². The average molecular weight is 271 g/mol. The van der Waals surface area contributed by atoms with Crippen molar-refractivity contribution in [2.75, 3.05) is 11.9 Å². The standard InChI is InChI=1S/C14H13N3O3/c1-9-6-13(19)17(14(9)20)8-12(18)16-11-5-3-2-4-10(11)7-15/h2-5,9H,6,8H2,1H3,(H,16,18). The molecule has 0 aromatic heterocycles. The molecule has 1 heterocycles. The number of rotatable bonds is 3. The average Bonchev–Trinajstić information content (AvgIpc) is 2.66. The van der Waals surface area contributed by atoms with Crippen molar-refractivity contribution in [3.63, 3.8) is 0 Å². The Balaban J connectivity index is 2.05. The molecule has 20 heavy (non-hydrogen) atoms. The van der Waals surface area contributed by atoms with Crippen LogP contribution >= 0.6 is 0 Å². The van der Waals surface area contributed by atoms with E-state index in [0.29, 0.717) is 11.3 Å². The third kappa shape index (κ3) is 2.67. The van der Waals surface area contributed by atoms with E-state index in [2.05, 4.69) is 5.32 Å². The minimum absolute atomic E-state index is 0.140. The topological polar surface area (TPSA) is 90.3 Å². The summed E-state index contributed by atoms with van der Waals surface area (Å²) in [4.78, 5) is 36.1. The fraction of sp³-hybridized carbons (Fsp3) is 0.286. The van der Waals surface area contributed by atoms with Gasteiger partial charge in [-0.3, -0.25) is 19.3 Å². The number of hydrogen-bond acceptors (Lipinski definition) is 4. The summed E-state index contributed by atoms with van der Waals surface area (Å²) in [5, 5.41) is 11.5. The molecule has 0 aliphatic carbocycles. The van der Waals surface area contributed by atoms with Crippen molar-refractivity contribution >= 4 is 23.4 Å². The first-order valence-electron chi connectivity index (χ1n) is 6.16. The van der Waals surface area contributed by atoms with Crippen molar-refractivity contribution in [2.45, 2.75) is 13.3 Å². The lowest BCUT2D eigenvalue weighted by Gasteiger charge is -2.14. The van der Waals surface area contributed by atoms with Crippen molar-refractivity contribution < 1.29 is 14.4 Å². The van der Waals surface area contributed by atoms with Crippen LogP contribution in [0, 0.1) is 17.2 Å². The first-order valence-corrected chi connectivity index (χ1v) is 6.16. The van der Waals surface area contributed by atoms with Gasteiger partial charge < -0.3 is 5.32 Å². The van der Waals surface area contributed by atoms with Gasteiger partial charge in [0.1, 0.15) is 12.6 Å². The van der Waals surface area contributed by atoms with Crippen molar-refractivity contribution in [3.8, 4) is 6.07 Å². The third-order valence-electron chi connectivity index (χ3n) is 3.09. The molecule has 1 aliphatic heterocycles. The number of imide groups is 1. The number of nitrogens with one attached hydrogen (secondary N) is 1.